The van der Waals surface area contributed by atoms with Crippen LogP contribution in [-0.2, 0) is 0 Å². The lowest BCUT2D eigenvalue weighted by atomic mass is 9.95. The highest BCUT2D eigenvalue weighted by molar-refractivity contribution is 5.86. The average molecular weight is 178 g/mol. The summed E-state index contributed by atoms with van der Waals surface area (Å²) in [7, 11) is 1.74. The van der Waals surface area contributed by atoms with E-state index in [1.165, 1.54) is 6.21 Å². The summed E-state index contributed by atoms with van der Waals surface area (Å²) in [6.07, 6.45) is 3.24. The van der Waals surface area contributed by atoms with Crippen LogP contribution in [-0.4, -0.2) is 19.5 Å². The van der Waals surface area contributed by atoms with E-state index < -0.39 is 0 Å². The quantitative estimate of drug-likeness (QED) is 0.507. The number of nitrogens with zero attached hydrogens (tertiary/aromatic N) is 1. The monoisotopic (exact) mass is 178 g/mol. The van der Waals surface area contributed by atoms with Gasteiger partial charge in [-0.25, -0.2) is 0 Å². The van der Waals surface area contributed by atoms with Crippen LogP contribution in [0.15, 0.2) is 28.3 Å². The second-order valence-corrected chi connectivity index (χ2v) is 3.22. The highest BCUT2D eigenvalue weighted by atomic mass is 14.6. The fourth-order valence-electron chi connectivity index (χ4n) is 1.05. The van der Waals surface area contributed by atoms with E-state index in [-0.39, 0.29) is 5.92 Å². The van der Waals surface area contributed by atoms with Gasteiger partial charge in [0.25, 0.3) is 0 Å². The van der Waals surface area contributed by atoms with E-state index in [1.54, 1.807) is 13.3 Å². The predicted octanol–water partition coefficient (Wildman–Crippen LogP) is 2.87. The molecule has 13 heavy (non-hydrogen) atoms. The van der Waals surface area contributed by atoms with Crippen molar-refractivity contribution in [3.63, 3.8) is 0 Å². The molecule has 2 heteroatoms. The number of allylic oxidation sites excluding steroid dienone is 3. The SMILES string of the molecule is C=C(C)/C(C=NC)=C(/C)C(C)C=N. The molecule has 1 unspecified atom stereocenters. The van der Waals surface area contributed by atoms with Crippen molar-refractivity contribution in [3.8, 4) is 0 Å². The largest absolute Gasteiger partial charge is 0.312 e. The first-order valence-corrected chi connectivity index (χ1v) is 4.34. The van der Waals surface area contributed by atoms with Crippen LogP contribution in [0.25, 0.3) is 0 Å². The molecule has 2 nitrogen and oxygen atoms in total. The summed E-state index contributed by atoms with van der Waals surface area (Å²) in [6, 6.07) is 0. The second kappa shape index (κ2) is 5.46. The van der Waals surface area contributed by atoms with Gasteiger partial charge in [-0.05, 0) is 25.0 Å². The molecule has 0 heterocycles. The molecule has 0 fully saturated rings. The molecular weight excluding hydrogens is 160 g/mol. The van der Waals surface area contributed by atoms with E-state index in [0.29, 0.717) is 0 Å². The summed E-state index contributed by atoms with van der Waals surface area (Å²) >= 11 is 0. The number of hydrogen-bond acceptors (Lipinski definition) is 2. The molecule has 0 saturated heterocycles. The average Bonchev–Trinajstić information content (AvgIpc) is 2.11. The van der Waals surface area contributed by atoms with E-state index in [1.807, 2.05) is 20.8 Å². The Hall–Kier alpha value is -1.18. The lowest BCUT2D eigenvalue weighted by molar-refractivity contribution is 0.920. The Morgan fingerprint density at radius 1 is 1.46 bits per heavy atom. The van der Waals surface area contributed by atoms with Gasteiger partial charge in [0.05, 0.1) is 0 Å². The third kappa shape index (κ3) is 3.36. The molecule has 0 aliphatic carbocycles. The van der Waals surface area contributed by atoms with Crippen LogP contribution in [0.4, 0.5) is 0 Å². The van der Waals surface area contributed by atoms with Gasteiger partial charge in [-0.1, -0.05) is 19.1 Å². The van der Waals surface area contributed by atoms with Crippen molar-refractivity contribution in [2.45, 2.75) is 20.8 Å². The first kappa shape index (κ1) is 11.8. The zero-order valence-electron chi connectivity index (χ0n) is 8.89. The Bertz CT molecular complexity index is 259. The molecule has 1 N–H and O–H groups in total. The Morgan fingerprint density at radius 2 is 2.00 bits per heavy atom. The molecule has 1 atom stereocenters. The third-order valence-corrected chi connectivity index (χ3v) is 2.08. The van der Waals surface area contributed by atoms with E-state index in [4.69, 9.17) is 5.41 Å². The minimum atomic E-state index is 0.157. The summed E-state index contributed by atoms with van der Waals surface area (Å²) in [5.41, 5.74) is 3.20. The van der Waals surface area contributed by atoms with Gasteiger partial charge in [0, 0.05) is 25.4 Å². The van der Waals surface area contributed by atoms with Crippen molar-refractivity contribution < 1.29 is 0 Å². The van der Waals surface area contributed by atoms with Crippen molar-refractivity contribution in [2.75, 3.05) is 7.05 Å². The van der Waals surface area contributed by atoms with Gasteiger partial charge in [-0.3, -0.25) is 4.99 Å². The highest BCUT2D eigenvalue weighted by Crippen LogP contribution is 2.17. The summed E-state index contributed by atoms with van der Waals surface area (Å²) in [5.74, 6) is 0.157. The van der Waals surface area contributed by atoms with Gasteiger partial charge >= 0.3 is 0 Å². The van der Waals surface area contributed by atoms with Crippen LogP contribution in [0, 0.1) is 11.3 Å². The number of nitrogens with one attached hydrogen (secondary N) is 1. The zero-order chi connectivity index (χ0) is 10.4. The Kier molecular flexibility index (Phi) is 4.97. The normalized spacial score (nSPS) is 15.4. The molecule has 0 aliphatic rings. The fraction of sp³-hybridized carbons (Fsp3) is 0.455. The van der Waals surface area contributed by atoms with Gasteiger partial charge < -0.3 is 5.41 Å². The molecule has 0 aliphatic heterocycles. The van der Waals surface area contributed by atoms with Gasteiger partial charge in [0.1, 0.15) is 0 Å². The summed E-state index contributed by atoms with van der Waals surface area (Å²) < 4.78 is 0. The first-order valence-electron chi connectivity index (χ1n) is 4.34. The smallest absolute Gasteiger partial charge is 0.0283 e. The minimum absolute atomic E-state index is 0.157. The zero-order valence-corrected chi connectivity index (χ0v) is 8.89. The van der Waals surface area contributed by atoms with Gasteiger partial charge in [0.2, 0.25) is 0 Å². The molecular formula is C11H18N2. The van der Waals surface area contributed by atoms with E-state index in [2.05, 4.69) is 11.6 Å². The second-order valence-electron chi connectivity index (χ2n) is 3.22. The summed E-state index contributed by atoms with van der Waals surface area (Å²) in [4.78, 5) is 3.98. The Labute approximate surface area is 80.6 Å². The number of rotatable bonds is 4. The van der Waals surface area contributed by atoms with Gasteiger partial charge in [0.15, 0.2) is 0 Å². The van der Waals surface area contributed by atoms with Crippen molar-refractivity contribution in [3.05, 3.63) is 23.3 Å². The summed E-state index contributed by atoms with van der Waals surface area (Å²) in [6.45, 7) is 9.85. The van der Waals surface area contributed by atoms with Crippen LogP contribution in [0.1, 0.15) is 20.8 Å². The highest BCUT2D eigenvalue weighted by Gasteiger charge is 2.06. The molecule has 0 rings (SSSR count). The van der Waals surface area contributed by atoms with Gasteiger partial charge in [-0.2, -0.15) is 0 Å². The molecule has 0 spiro atoms. The fourth-order valence-corrected chi connectivity index (χ4v) is 1.05. The Morgan fingerprint density at radius 3 is 2.31 bits per heavy atom. The van der Waals surface area contributed by atoms with Crippen LogP contribution >= 0.6 is 0 Å². The molecule has 0 aromatic carbocycles. The van der Waals surface area contributed by atoms with Crippen molar-refractivity contribution in [1.29, 1.82) is 5.41 Å². The maximum atomic E-state index is 7.17. The van der Waals surface area contributed by atoms with Crippen molar-refractivity contribution in [2.24, 2.45) is 10.9 Å². The van der Waals surface area contributed by atoms with E-state index >= 15 is 0 Å². The maximum absolute atomic E-state index is 7.17. The lowest BCUT2D eigenvalue weighted by Gasteiger charge is -2.10. The minimum Gasteiger partial charge on any atom is -0.312 e. The molecule has 0 amide bonds. The van der Waals surface area contributed by atoms with Crippen LogP contribution < -0.4 is 0 Å². The van der Waals surface area contributed by atoms with Crippen LogP contribution in [0.2, 0.25) is 0 Å². The molecule has 0 radical (unpaired) electrons. The molecule has 0 aromatic rings. The molecule has 0 aromatic heterocycles. The first-order chi connectivity index (χ1) is 6.04. The number of hydrogen-bond donors (Lipinski definition) is 1. The van der Waals surface area contributed by atoms with E-state index in [9.17, 15) is 0 Å². The van der Waals surface area contributed by atoms with Gasteiger partial charge in [-0.15, -0.1) is 0 Å². The van der Waals surface area contributed by atoms with Crippen LogP contribution in [0.5, 0.6) is 0 Å². The summed E-state index contributed by atoms with van der Waals surface area (Å²) in [5, 5.41) is 7.17. The van der Waals surface area contributed by atoms with Crippen molar-refractivity contribution >= 4 is 12.4 Å². The standard InChI is InChI=1S/C11H18N2/c1-8(2)11(7-13-5)10(4)9(3)6-12/h6-7,9,12H,1H2,2-5H3/b11-10-,12-6?,13-7?. The molecule has 72 valence electrons. The molecule has 0 bridgehead atoms. The predicted molar refractivity (Wildman–Crippen MR) is 59.9 cm³/mol. The number of aliphatic imine (C=N–C) groups is 1. The van der Waals surface area contributed by atoms with Crippen molar-refractivity contribution in [1.82, 2.24) is 0 Å². The van der Waals surface area contributed by atoms with E-state index in [0.717, 1.165) is 16.7 Å². The maximum Gasteiger partial charge on any atom is 0.0283 e. The Balaban J connectivity index is 5.07. The third-order valence-electron chi connectivity index (χ3n) is 2.08. The topological polar surface area (TPSA) is 36.2 Å². The van der Waals surface area contributed by atoms with Crippen LogP contribution in [0.3, 0.4) is 0 Å². The lowest BCUT2D eigenvalue weighted by Crippen LogP contribution is -2.02. The molecule has 0 saturated carbocycles.